The standard InChI is InChI=1S/C7H10BrN4O.C2H6.K/c1-11-12-5(8)2-4(3-13)6(12)7(9)10;1-2;/h2,13H,3H2,1H3,(H3,9,10);1-2H3;/q-1;;+1. The molecule has 86 valence electrons. The summed E-state index contributed by atoms with van der Waals surface area (Å²) < 4.78 is 2.14. The summed E-state index contributed by atoms with van der Waals surface area (Å²) in [4.78, 5) is 0. The van der Waals surface area contributed by atoms with E-state index in [2.05, 4.69) is 21.4 Å². The number of hydrogen-bond acceptors (Lipinski definition) is 2. The maximum Gasteiger partial charge on any atom is 1.00 e. The maximum absolute atomic E-state index is 8.97. The quantitative estimate of drug-likeness (QED) is 0.372. The Morgan fingerprint density at radius 2 is 2.12 bits per heavy atom. The minimum Gasteiger partial charge on any atom is -0.619 e. The smallest absolute Gasteiger partial charge is 0.619 e. The molecule has 0 saturated carbocycles. The Morgan fingerprint density at radius 1 is 1.62 bits per heavy atom. The minimum atomic E-state index is -0.157. The summed E-state index contributed by atoms with van der Waals surface area (Å²) in [6.45, 7) is 3.84. The van der Waals surface area contributed by atoms with Crippen molar-refractivity contribution in [2.45, 2.75) is 20.5 Å². The number of aliphatic hydroxyl groups excluding tert-OH is 1. The Hall–Kier alpha value is 0.626. The number of aromatic nitrogens is 1. The van der Waals surface area contributed by atoms with Crippen LogP contribution in [0.15, 0.2) is 10.7 Å². The first-order chi connectivity index (χ1) is 7.11. The van der Waals surface area contributed by atoms with Gasteiger partial charge >= 0.3 is 51.4 Å². The molecule has 0 bridgehead atoms. The van der Waals surface area contributed by atoms with Gasteiger partial charge in [-0.3, -0.25) is 5.41 Å². The summed E-state index contributed by atoms with van der Waals surface area (Å²) in [7, 11) is 1.58. The van der Waals surface area contributed by atoms with Crippen molar-refractivity contribution >= 4 is 21.8 Å². The van der Waals surface area contributed by atoms with Gasteiger partial charge in [-0.05, 0) is 22.0 Å². The number of rotatable bonds is 3. The predicted molar refractivity (Wildman–Crippen MR) is 65.1 cm³/mol. The van der Waals surface area contributed by atoms with E-state index < -0.39 is 0 Å². The van der Waals surface area contributed by atoms with E-state index >= 15 is 0 Å². The fourth-order valence-corrected chi connectivity index (χ4v) is 1.73. The second-order valence-electron chi connectivity index (χ2n) is 2.42. The van der Waals surface area contributed by atoms with Crippen molar-refractivity contribution in [3.8, 4) is 0 Å². The van der Waals surface area contributed by atoms with Crippen LogP contribution in [0.2, 0.25) is 0 Å². The average Bonchev–Trinajstić information content (AvgIpc) is 2.57. The topological polar surface area (TPSA) is 89.1 Å². The third-order valence-electron chi connectivity index (χ3n) is 1.64. The van der Waals surface area contributed by atoms with Crippen LogP contribution in [-0.4, -0.2) is 22.7 Å². The van der Waals surface area contributed by atoms with Crippen LogP contribution in [0, 0.1) is 5.41 Å². The molecule has 0 aliphatic rings. The van der Waals surface area contributed by atoms with E-state index in [0.29, 0.717) is 15.9 Å². The van der Waals surface area contributed by atoms with Crippen LogP contribution in [0.4, 0.5) is 0 Å². The van der Waals surface area contributed by atoms with Crippen LogP contribution in [0.3, 0.4) is 0 Å². The summed E-state index contributed by atoms with van der Waals surface area (Å²) in [5.74, 6) is -0.111. The van der Waals surface area contributed by atoms with E-state index in [-0.39, 0.29) is 63.8 Å². The maximum atomic E-state index is 8.97. The number of nitrogens with one attached hydrogen (secondary N) is 1. The molecule has 0 atom stereocenters. The predicted octanol–water partition coefficient (Wildman–Crippen LogP) is -1.18. The molecular weight excluding hydrogens is 299 g/mol. The molecule has 0 aliphatic heterocycles. The molecule has 1 rings (SSSR count). The number of aliphatic hydroxyl groups is 1. The Balaban J connectivity index is 0. The van der Waals surface area contributed by atoms with Crippen LogP contribution in [0.25, 0.3) is 5.43 Å². The molecule has 1 aromatic rings. The first kappa shape index (κ1) is 19.0. The normalized spacial score (nSPS) is 8.56. The van der Waals surface area contributed by atoms with Gasteiger partial charge in [0.2, 0.25) is 0 Å². The summed E-state index contributed by atoms with van der Waals surface area (Å²) in [5, 5.41) is 16.3. The summed E-state index contributed by atoms with van der Waals surface area (Å²) >= 11 is 3.24. The third-order valence-corrected chi connectivity index (χ3v) is 2.20. The summed E-state index contributed by atoms with van der Waals surface area (Å²) in [5.41, 5.74) is 10.3. The zero-order chi connectivity index (χ0) is 12.0. The van der Waals surface area contributed by atoms with Crippen LogP contribution in [0.5, 0.6) is 0 Å². The van der Waals surface area contributed by atoms with E-state index in [1.807, 2.05) is 13.8 Å². The summed E-state index contributed by atoms with van der Waals surface area (Å²) in [6, 6.07) is 1.68. The van der Waals surface area contributed by atoms with Crippen molar-refractivity contribution in [2.75, 3.05) is 7.05 Å². The molecule has 0 aromatic carbocycles. The molecule has 0 radical (unpaired) electrons. The van der Waals surface area contributed by atoms with E-state index in [1.165, 1.54) is 4.68 Å². The molecular formula is C9H16BrKN4O. The van der Waals surface area contributed by atoms with Gasteiger partial charge in [-0.2, -0.15) is 0 Å². The van der Waals surface area contributed by atoms with Gasteiger partial charge in [0.05, 0.1) is 16.9 Å². The number of nitrogens with two attached hydrogens (primary N) is 1. The van der Waals surface area contributed by atoms with Crippen LogP contribution >= 0.6 is 15.9 Å². The van der Waals surface area contributed by atoms with Crippen molar-refractivity contribution in [1.29, 1.82) is 5.41 Å². The first-order valence-electron chi connectivity index (χ1n) is 4.57. The molecule has 5 nitrogen and oxygen atoms in total. The molecule has 1 aromatic heterocycles. The van der Waals surface area contributed by atoms with Gasteiger partial charge in [0.1, 0.15) is 5.84 Å². The van der Waals surface area contributed by atoms with Crippen LogP contribution in [0.1, 0.15) is 25.1 Å². The molecule has 4 N–H and O–H groups in total. The minimum absolute atomic E-state index is 0. The number of halogens is 1. The Kier molecular flexibility index (Phi) is 11.4. The fraction of sp³-hybridized carbons (Fsp3) is 0.444. The van der Waals surface area contributed by atoms with Gasteiger partial charge in [0.15, 0.2) is 0 Å². The van der Waals surface area contributed by atoms with E-state index in [1.54, 1.807) is 13.1 Å². The Labute approximate surface area is 147 Å². The molecule has 7 heteroatoms. The largest absolute Gasteiger partial charge is 1.00 e. The zero-order valence-corrected chi connectivity index (χ0v) is 14.8. The Bertz CT molecular complexity index is 340. The molecule has 0 unspecified atom stereocenters. The first-order valence-corrected chi connectivity index (χ1v) is 5.36. The van der Waals surface area contributed by atoms with E-state index in [9.17, 15) is 0 Å². The SMILES string of the molecule is CC.C[N-]n1c(Br)cc(CO)c1C(=N)N.[K+]. The van der Waals surface area contributed by atoms with Gasteiger partial charge in [-0.25, -0.2) is 0 Å². The Morgan fingerprint density at radius 3 is 2.44 bits per heavy atom. The molecule has 0 aliphatic carbocycles. The van der Waals surface area contributed by atoms with Gasteiger partial charge in [0, 0.05) is 5.56 Å². The van der Waals surface area contributed by atoms with Gasteiger partial charge in [-0.15, -0.1) is 7.05 Å². The van der Waals surface area contributed by atoms with Gasteiger partial charge < -0.3 is 20.9 Å². The van der Waals surface area contributed by atoms with E-state index in [0.717, 1.165) is 0 Å². The molecule has 1 heterocycles. The molecule has 16 heavy (non-hydrogen) atoms. The second-order valence-corrected chi connectivity index (χ2v) is 3.24. The number of nitrogens with zero attached hydrogens (tertiary/aromatic N) is 2. The van der Waals surface area contributed by atoms with Crippen LogP contribution in [-0.2, 0) is 6.61 Å². The zero-order valence-electron chi connectivity index (χ0n) is 10.1. The molecule has 0 spiro atoms. The molecule has 0 amide bonds. The number of amidine groups is 1. The van der Waals surface area contributed by atoms with Crippen molar-refractivity contribution in [3.63, 3.8) is 0 Å². The monoisotopic (exact) mass is 314 g/mol. The average molecular weight is 315 g/mol. The van der Waals surface area contributed by atoms with Crippen molar-refractivity contribution in [1.82, 2.24) is 4.68 Å². The van der Waals surface area contributed by atoms with Crippen molar-refractivity contribution in [2.24, 2.45) is 5.73 Å². The van der Waals surface area contributed by atoms with Crippen molar-refractivity contribution < 1.29 is 56.5 Å². The van der Waals surface area contributed by atoms with Crippen molar-refractivity contribution in [3.05, 3.63) is 27.4 Å². The van der Waals surface area contributed by atoms with Gasteiger partial charge in [-0.1, -0.05) is 13.8 Å². The van der Waals surface area contributed by atoms with E-state index in [4.69, 9.17) is 16.2 Å². The number of nitrogen functional groups attached to an aromatic ring is 1. The number of hydrogen-bond donors (Lipinski definition) is 3. The van der Waals surface area contributed by atoms with Crippen LogP contribution < -0.4 is 57.1 Å². The second kappa shape index (κ2) is 9.64. The molecule has 0 saturated heterocycles. The fourth-order valence-electron chi connectivity index (χ4n) is 1.12. The molecule has 0 fully saturated rings. The summed E-state index contributed by atoms with van der Waals surface area (Å²) in [6.07, 6.45) is 0. The third kappa shape index (κ3) is 4.48. The van der Waals surface area contributed by atoms with Gasteiger partial charge in [0.25, 0.3) is 0 Å².